The van der Waals surface area contributed by atoms with Crippen LogP contribution >= 0.6 is 0 Å². The molecule has 2 amide bonds. The lowest BCUT2D eigenvalue weighted by atomic mass is 9.99. The Morgan fingerprint density at radius 2 is 2.00 bits per heavy atom. The van der Waals surface area contributed by atoms with Crippen LogP contribution in [0, 0.1) is 6.92 Å². The van der Waals surface area contributed by atoms with Gasteiger partial charge >= 0.3 is 6.18 Å². The van der Waals surface area contributed by atoms with E-state index in [0.29, 0.717) is 5.56 Å². The van der Waals surface area contributed by atoms with Gasteiger partial charge in [0.2, 0.25) is 11.7 Å². The molecule has 9 nitrogen and oxygen atoms in total. The summed E-state index contributed by atoms with van der Waals surface area (Å²) in [5.41, 5.74) is -1.39. The number of pyridine rings is 1. The van der Waals surface area contributed by atoms with Crippen molar-refractivity contribution in [2.75, 3.05) is 20.7 Å². The molecule has 31 heavy (non-hydrogen) atoms. The van der Waals surface area contributed by atoms with Crippen LogP contribution in [-0.4, -0.2) is 58.7 Å². The van der Waals surface area contributed by atoms with Gasteiger partial charge in [-0.3, -0.25) is 14.6 Å². The minimum Gasteiger partial charge on any atom is -0.484 e. The molecule has 1 aliphatic rings. The first-order valence-corrected chi connectivity index (χ1v) is 9.45. The molecule has 168 valence electrons. The van der Waals surface area contributed by atoms with Gasteiger partial charge in [-0.05, 0) is 25.7 Å². The van der Waals surface area contributed by atoms with Crippen LogP contribution < -0.4 is 10.1 Å². The van der Waals surface area contributed by atoms with Crippen LogP contribution in [0.1, 0.15) is 53.5 Å². The molecule has 3 rings (SSSR count). The van der Waals surface area contributed by atoms with Crippen LogP contribution in [0.5, 0.6) is 5.75 Å². The number of nitrogens with zero attached hydrogens (tertiary/aromatic N) is 4. The lowest BCUT2D eigenvalue weighted by Crippen LogP contribution is -2.54. The minimum absolute atomic E-state index is 0.0516. The molecule has 1 atom stereocenters. The number of ether oxygens (including phenoxy) is 1. The number of rotatable bonds is 7. The Morgan fingerprint density at radius 3 is 2.52 bits per heavy atom. The molecule has 0 saturated heterocycles. The molecule has 2 aromatic rings. The Morgan fingerprint density at radius 1 is 1.32 bits per heavy atom. The summed E-state index contributed by atoms with van der Waals surface area (Å²) in [6.45, 7) is 1.44. The normalized spacial score (nSPS) is 15.8. The van der Waals surface area contributed by atoms with Gasteiger partial charge in [0.15, 0.2) is 12.1 Å². The maximum absolute atomic E-state index is 12.9. The largest absolute Gasteiger partial charge is 0.484 e. The van der Waals surface area contributed by atoms with Gasteiger partial charge in [-0.1, -0.05) is 5.16 Å². The summed E-state index contributed by atoms with van der Waals surface area (Å²) < 4.78 is 47.8. The standard InChI is InChI=1S/C19H22F3N5O4/c1-10-24-16(26-31-10)18(2,17(29)27(3)4)25-15(28)13-7-14(30-9-19(20,21)22)12(8-23-13)11-5-6-11/h7-8,11H,5-6,9H2,1-4H3,(H,25,28). The van der Waals surface area contributed by atoms with Crippen molar-refractivity contribution in [3.05, 3.63) is 35.2 Å². The van der Waals surface area contributed by atoms with Gasteiger partial charge < -0.3 is 19.5 Å². The summed E-state index contributed by atoms with van der Waals surface area (Å²) in [4.78, 5) is 35.1. The van der Waals surface area contributed by atoms with Gasteiger partial charge in [-0.25, -0.2) is 0 Å². The van der Waals surface area contributed by atoms with Gasteiger partial charge in [-0.15, -0.1) is 0 Å². The van der Waals surface area contributed by atoms with Crippen molar-refractivity contribution in [1.29, 1.82) is 0 Å². The molecule has 1 aliphatic carbocycles. The van der Waals surface area contributed by atoms with E-state index in [-0.39, 0.29) is 29.1 Å². The van der Waals surface area contributed by atoms with Crippen molar-refractivity contribution < 1.29 is 32.0 Å². The number of carbonyl (C=O) groups is 2. The van der Waals surface area contributed by atoms with Gasteiger partial charge in [0.25, 0.3) is 11.8 Å². The Balaban J connectivity index is 1.90. The first kappa shape index (κ1) is 22.5. The molecule has 1 N–H and O–H groups in total. The number of nitrogens with one attached hydrogen (secondary N) is 1. The van der Waals surface area contributed by atoms with E-state index in [1.54, 1.807) is 0 Å². The number of aromatic nitrogens is 3. The molecule has 2 aromatic heterocycles. The lowest BCUT2D eigenvalue weighted by Gasteiger charge is -2.29. The van der Waals surface area contributed by atoms with E-state index in [1.165, 1.54) is 39.0 Å². The minimum atomic E-state index is -4.53. The highest BCUT2D eigenvalue weighted by Crippen LogP contribution is 2.44. The van der Waals surface area contributed by atoms with Gasteiger partial charge in [0.05, 0.1) is 0 Å². The fourth-order valence-corrected chi connectivity index (χ4v) is 3.00. The second-order valence-electron chi connectivity index (χ2n) is 7.70. The molecule has 0 radical (unpaired) electrons. The van der Waals surface area contributed by atoms with Crippen LogP contribution in [0.3, 0.4) is 0 Å². The van der Waals surface area contributed by atoms with E-state index < -0.39 is 30.1 Å². The SMILES string of the molecule is Cc1nc(C(C)(NC(=O)c2cc(OCC(F)(F)F)c(C3CC3)cn2)C(=O)N(C)C)no1. The topological polar surface area (TPSA) is 110 Å². The summed E-state index contributed by atoms with van der Waals surface area (Å²) in [6.07, 6.45) is -1.58. The number of hydrogen-bond donors (Lipinski definition) is 1. The predicted molar refractivity (Wildman–Crippen MR) is 100 cm³/mol. The number of hydrogen-bond acceptors (Lipinski definition) is 7. The van der Waals surface area contributed by atoms with E-state index in [4.69, 9.17) is 9.26 Å². The average Bonchev–Trinajstić information content (AvgIpc) is 3.44. The zero-order valence-electron chi connectivity index (χ0n) is 17.4. The van der Waals surface area contributed by atoms with E-state index >= 15 is 0 Å². The molecule has 0 aliphatic heterocycles. The Kier molecular flexibility index (Phi) is 5.92. The fraction of sp³-hybridized carbons (Fsp3) is 0.526. The predicted octanol–water partition coefficient (Wildman–Crippen LogP) is 2.32. The molecule has 0 bridgehead atoms. The number of amides is 2. The van der Waals surface area contributed by atoms with Gasteiger partial charge in [0, 0.05) is 38.8 Å². The van der Waals surface area contributed by atoms with E-state index in [0.717, 1.165) is 18.9 Å². The summed E-state index contributed by atoms with van der Waals surface area (Å²) in [5.74, 6) is -1.23. The fourth-order valence-electron chi connectivity index (χ4n) is 3.00. The quantitative estimate of drug-likeness (QED) is 0.702. The van der Waals surface area contributed by atoms with Crippen LogP contribution in [0.25, 0.3) is 0 Å². The second-order valence-corrected chi connectivity index (χ2v) is 7.70. The Bertz CT molecular complexity index is 987. The second kappa shape index (κ2) is 8.16. The van der Waals surface area contributed by atoms with Crippen LogP contribution in [0.4, 0.5) is 13.2 Å². The maximum Gasteiger partial charge on any atom is 0.422 e. The number of halogens is 3. The summed E-state index contributed by atoms with van der Waals surface area (Å²) in [5, 5.41) is 6.27. The van der Waals surface area contributed by atoms with Crippen molar-refractivity contribution in [1.82, 2.24) is 25.3 Å². The smallest absolute Gasteiger partial charge is 0.422 e. The zero-order valence-corrected chi connectivity index (χ0v) is 17.4. The molecule has 1 unspecified atom stereocenters. The molecule has 1 saturated carbocycles. The van der Waals surface area contributed by atoms with Gasteiger partial charge in [-0.2, -0.15) is 18.2 Å². The molecule has 0 spiro atoms. The zero-order chi connectivity index (χ0) is 23.0. The molecule has 2 heterocycles. The van der Waals surface area contributed by atoms with Crippen molar-refractivity contribution in [2.24, 2.45) is 0 Å². The van der Waals surface area contributed by atoms with Crippen molar-refractivity contribution >= 4 is 11.8 Å². The molecule has 12 heteroatoms. The summed E-state index contributed by atoms with van der Waals surface area (Å²) in [7, 11) is 2.98. The molecular formula is C19H22F3N5O4. The van der Waals surface area contributed by atoms with E-state index in [2.05, 4.69) is 20.4 Å². The number of carbonyl (C=O) groups excluding carboxylic acids is 2. The molecule has 0 aromatic carbocycles. The molecular weight excluding hydrogens is 419 g/mol. The Labute approximate surface area is 176 Å². The van der Waals surface area contributed by atoms with Crippen molar-refractivity contribution in [3.8, 4) is 5.75 Å². The third kappa shape index (κ3) is 5.12. The van der Waals surface area contributed by atoms with Crippen molar-refractivity contribution in [2.45, 2.75) is 44.3 Å². The van der Waals surface area contributed by atoms with E-state index in [9.17, 15) is 22.8 Å². The van der Waals surface area contributed by atoms with E-state index in [1.807, 2.05) is 0 Å². The lowest BCUT2D eigenvalue weighted by molar-refractivity contribution is -0.153. The summed E-state index contributed by atoms with van der Waals surface area (Å²) in [6, 6.07) is 1.15. The van der Waals surface area contributed by atoms with Crippen LogP contribution in [0.15, 0.2) is 16.8 Å². The Hall–Kier alpha value is -3.18. The van der Waals surface area contributed by atoms with Gasteiger partial charge in [0.1, 0.15) is 11.4 Å². The highest BCUT2D eigenvalue weighted by atomic mass is 19.4. The van der Waals surface area contributed by atoms with Crippen molar-refractivity contribution in [3.63, 3.8) is 0 Å². The highest BCUT2D eigenvalue weighted by molar-refractivity contribution is 5.98. The average molecular weight is 441 g/mol. The number of alkyl halides is 3. The van der Waals surface area contributed by atoms with Crippen LogP contribution in [0.2, 0.25) is 0 Å². The highest BCUT2D eigenvalue weighted by Gasteiger charge is 2.43. The number of likely N-dealkylation sites (N-methyl/N-ethyl adjacent to an activating group) is 1. The monoisotopic (exact) mass is 441 g/mol. The number of aryl methyl sites for hydroxylation is 1. The first-order chi connectivity index (χ1) is 14.4. The first-order valence-electron chi connectivity index (χ1n) is 9.45. The maximum atomic E-state index is 12.9. The summed E-state index contributed by atoms with van der Waals surface area (Å²) >= 11 is 0. The molecule has 1 fully saturated rings. The third-order valence-electron chi connectivity index (χ3n) is 4.71. The third-order valence-corrected chi connectivity index (χ3v) is 4.71. The van der Waals surface area contributed by atoms with Crippen LogP contribution in [-0.2, 0) is 10.3 Å².